The van der Waals surface area contributed by atoms with Crippen LogP contribution >= 0.6 is 0 Å². The number of anilines is 3. The van der Waals surface area contributed by atoms with Crippen LogP contribution in [-0.4, -0.2) is 62.4 Å². The lowest BCUT2D eigenvalue weighted by atomic mass is 10.0. The maximum Gasteiger partial charge on any atom is 0.490 e. The van der Waals surface area contributed by atoms with Crippen LogP contribution < -0.4 is 31.2 Å². The summed E-state index contributed by atoms with van der Waals surface area (Å²) in [6.45, 7) is 2.80. The van der Waals surface area contributed by atoms with Crippen LogP contribution in [0.25, 0.3) is 10.8 Å². The van der Waals surface area contributed by atoms with E-state index in [-0.39, 0.29) is 23.1 Å². The van der Waals surface area contributed by atoms with E-state index in [1.165, 1.54) is 33.3 Å². The van der Waals surface area contributed by atoms with Gasteiger partial charge in [-0.1, -0.05) is 13.0 Å². The Morgan fingerprint density at radius 2 is 1.61 bits per heavy atom. The lowest BCUT2D eigenvalue weighted by Gasteiger charge is -2.22. The van der Waals surface area contributed by atoms with E-state index in [1.807, 2.05) is 18.2 Å². The fraction of sp³-hybridized carbons (Fsp3) is 0.250. The number of carboxylic acids is 1. The number of nitrogens with one attached hydrogen (secondary N) is 3. The highest BCUT2D eigenvalue weighted by molar-refractivity contribution is 7.91. The zero-order valence-corrected chi connectivity index (χ0v) is 27.5. The second-order valence-electron chi connectivity index (χ2n) is 10.3. The average molecular weight is 706 g/mol. The number of hydrogen-bond acceptors (Lipinski definition) is 10. The van der Waals surface area contributed by atoms with Crippen LogP contribution in [0, 0.1) is 0 Å². The Morgan fingerprint density at radius 3 is 2.20 bits per heavy atom. The van der Waals surface area contributed by atoms with Gasteiger partial charge in [0.1, 0.15) is 11.9 Å². The fourth-order valence-electron chi connectivity index (χ4n) is 4.53. The van der Waals surface area contributed by atoms with Crippen molar-refractivity contribution in [3.63, 3.8) is 0 Å². The van der Waals surface area contributed by atoms with E-state index in [9.17, 15) is 31.2 Å². The normalized spacial score (nSPS) is 11.8. The van der Waals surface area contributed by atoms with Gasteiger partial charge in [-0.05, 0) is 71.1 Å². The summed E-state index contributed by atoms with van der Waals surface area (Å²) in [5, 5.41) is 17.5. The number of aromatic nitrogens is 1. The number of aliphatic carboxylic acids is 1. The second kappa shape index (κ2) is 16.0. The number of ether oxygens (including phenoxy) is 2. The number of methoxy groups -OCH3 is 2. The smallest absolute Gasteiger partial charge is 0.490 e. The van der Waals surface area contributed by atoms with Crippen LogP contribution in [-0.2, 0) is 30.8 Å². The van der Waals surface area contributed by atoms with Crippen molar-refractivity contribution in [1.29, 1.82) is 0 Å². The van der Waals surface area contributed by atoms with Crippen molar-refractivity contribution in [2.45, 2.75) is 37.5 Å². The summed E-state index contributed by atoms with van der Waals surface area (Å²) >= 11 is 0. The van der Waals surface area contributed by atoms with Crippen LogP contribution in [0.5, 0.6) is 11.5 Å². The summed E-state index contributed by atoms with van der Waals surface area (Å²) in [6.07, 6.45) is -3.48. The number of benzene rings is 3. The third kappa shape index (κ3) is 9.96. The molecule has 262 valence electrons. The predicted octanol–water partition coefficient (Wildman–Crippen LogP) is 4.69. The number of hydrogen-bond donors (Lipinski definition) is 5. The molecule has 0 aliphatic carbocycles. The van der Waals surface area contributed by atoms with Gasteiger partial charge in [0.25, 0.3) is 0 Å². The van der Waals surface area contributed by atoms with Crippen LogP contribution in [0.3, 0.4) is 0 Å². The third-order valence-corrected chi connectivity index (χ3v) is 8.73. The second-order valence-corrected chi connectivity index (χ2v) is 12.5. The maximum absolute atomic E-state index is 13.8. The Bertz CT molecular complexity index is 1960. The molecule has 0 bridgehead atoms. The molecule has 1 atom stereocenters. The minimum atomic E-state index is -5.08. The largest absolute Gasteiger partial charge is 0.493 e. The Morgan fingerprint density at radius 1 is 0.959 bits per heavy atom. The number of carboxylic acid groups (broad SMARTS) is 1. The number of halogens is 3. The molecule has 3 aromatic carbocycles. The van der Waals surface area contributed by atoms with Crippen molar-refractivity contribution in [3.05, 3.63) is 78.0 Å². The molecule has 6 N–H and O–H groups in total. The maximum atomic E-state index is 13.8. The zero-order valence-electron chi connectivity index (χ0n) is 26.7. The quantitative estimate of drug-likeness (QED) is 0.145. The number of nitrogens with two attached hydrogens (primary N) is 1. The number of fused-ring (bicyclic) bond motifs is 1. The summed E-state index contributed by atoms with van der Waals surface area (Å²) in [7, 11) is -0.585. The topological polar surface area (TPSA) is 199 Å². The molecule has 0 aliphatic rings. The molecule has 1 heterocycles. The average Bonchev–Trinajstić information content (AvgIpc) is 3.05. The third-order valence-electron chi connectivity index (χ3n) is 6.90. The van der Waals surface area contributed by atoms with Crippen LogP contribution in [0.4, 0.5) is 30.4 Å². The predicted molar refractivity (Wildman–Crippen MR) is 176 cm³/mol. The number of nitrogen functional groups attached to an aromatic ring is 1. The zero-order chi connectivity index (χ0) is 36.5. The molecule has 2 amide bonds. The minimum Gasteiger partial charge on any atom is -0.493 e. The van der Waals surface area contributed by atoms with Crippen molar-refractivity contribution in [2.75, 3.05) is 36.3 Å². The molecule has 13 nitrogen and oxygen atoms in total. The molecule has 4 aromatic rings. The first kappa shape index (κ1) is 37.9. The van der Waals surface area contributed by atoms with Gasteiger partial charge in [-0.25, -0.2) is 18.2 Å². The van der Waals surface area contributed by atoms with E-state index in [1.54, 1.807) is 43.5 Å². The first-order valence-electron chi connectivity index (χ1n) is 14.3. The summed E-state index contributed by atoms with van der Waals surface area (Å²) in [6, 6.07) is 16.0. The Labute approximate surface area is 279 Å². The highest BCUT2D eigenvalue weighted by Crippen LogP contribution is 2.32. The summed E-state index contributed by atoms with van der Waals surface area (Å²) in [5.74, 6) is -2.28. The molecule has 0 unspecified atom stereocenters. The highest BCUT2D eigenvalue weighted by atomic mass is 32.2. The molecule has 1 aromatic heterocycles. The van der Waals surface area contributed by atoms with Crippen LogP contribution in [0.2, 0.25) is 0 Å². The van der Waals surface area contributed by atoms with E-state index in [4.69, 9.17) is 25.1 Å². The number of carbonyl (C=O) groups excluding carboxylic acids is 2. The van der Waals surface area contributed by atoms with Gasteiger partial charge in [-0.3, -0.25) is 9.59 Å². The van der Waals surface area contributed by atoms with Crippen LogP contribution in [0.1, 0.15) is 31.0 Å². The molecule has 0 spiro atoms. The molecular formula is C32H34F3N5O8S. The monoisotopic (exact) mass is 705 g/mol. The summed E-state index contributed by atoms with van der Waals surface area (Å²) < 4.78 is 68.2. The van der Waals surface area contributed by atoms with Crippen molar-refractivity contribution in [3.8, 4) is 11.5 Å². The van der Waals surface area contributed by atoms with Crippen molar-refractivity contribution in [1.82, 2.24) is 10.3 Å². The van der Waals surface area contributed by atoms with Crippen molar-refractivity contribution in [2.24, 2.45) is 0 Å². The number of sulfone groups is 1. The fourth-order valence-corrected chi connectivity index (χ4v) is 5.65. The molecule has 0 saturated carbocycles. The molecule has 0 radical (unpaired) electrons. The van der Waals surface area contributed by atoms with E-state index in [0.29, 0.717) is 39.8 Å². The van der Waals surface area contributed by atoms with E-state index in [2.05, 4.69) is 20.9 Å². The first-order valence-corrected chi connectivity index (χ1v) is 16.0. The number of carbonyl (C=O) groups is 3. The van der Waals surface area contributed by atoms with Gasteiger partial charge in [0.2, 0.25) is 11.8 Å². The minimum absolute atomic E-state index is 0.0794. The van der Waals surface area contributed by atoms with Gasteiger partial charge in [-0.15, -0.1) is 0 Å². The number of alkyl halides is 3. The van der Waals surface area contributed by atoms with Crippen LogP contribution in [0.15, 0.2) is 71.8 Å². The highest BCUT2D eigenvalue weighted by Gasteiger charge is 2.38. The number of rotatable bonds is 11. The first-order chi connectivity index (χ1) is 23.0. The molecule has 0 saturated heterocycles. The molecule has 17 heteroatoms. The number of pyridine rings is 1. The van der Waals surface area contributed by atoms with Gasteiger partial charge < -0.3 is 36.3 Å². The molecule has 4 rings (SSSR count). The molecule has 49 heavy (non-hydrogen) atoms. The van der Waals surface area contributed by atoms with E-state index < -0.39 is 33.9 Å². The molecule has 0 aliphatic heterocycles. The molecule has 0 fully saturated rings. The van der Waals surface area contributed by atoms with Gasteiger partial charge in [0.05, 0.1) is 24.9 Å². The Kier molecular flexibility index (Phi) is 12.4. The van der Waals surface area contributed by atoms with E-state index in [0.717, 1.165) is 10.8 Å². The van der Waals surface area contributed by atoms with Crippen molar-refractivity contribution < 1.29 is 50.6 Å². The van der Waals surface area contributed by atoms with Gasteiger partial charge in [-0.2, -0.15) is 13.2 Å². The summed E-state index contributed by atoms with van der Waals surface area (Å²) in [4.78, 5) is 38.5. The number of nitrogens with zero attached hydrogens (tertiary/aromatic N) is 1. The molecular weight excluding hydrogens is 671 g/mol. The lowest BCUT2D eigenvalue weighted by molar-refractivity contribution is -0.192. The Hall–Kier alpha value is -5.58. The van der Waals surface area contributed by atoms with Gasteiger partial charge in [0, 0.05) is 36.4 Å². The van der Waals surface area contributed by atoms with Gasteiger partial charge in [0.15, 0.2) is 21.3 Å². The lowest BCUT2D eigenvalue weighted by Crippen LogP contribution is -2.33. The van der Waals surface area contributed by atoms with Gasteiger partial charge >= 0.3 is 12.1 Å². The Balaban J connectivity index is 0.000000838. The standard InChI is InChI=1S/C30H33N5O6S.C2HF3O2/c1-5-42(38,39)27-11-8-22(34-18(2)36)15-21(27)17-33-30(37)28(20-6-10-25(40-3)26(16-20)41-4)35-23-7-9-24-19(14-23)12-13-32-29(24)31;3-2(4,5)1(6)7/h6-16,28,35H,5,17H2,1-4H3,(H2,31,32)(H,33,37)(H,34,36);(H,6,7)/t28-;/m1./s1. The SMILES string of the molecule is CCS(=O)(=O)c1ccc(NC(C)=O)cc1CNC(=O)[C@H](Nc1ccc2c(N)nccc2c1)c1ccc(OC)c(OC)c1.O=C(O)C(F)(F)F. The number of amides is 2. The summed E-state index contributed by atoms with van der Waals surface area (Å²) in [5.41, 5.74) is 7.99. The van der Waals surface area contributed by atoms with E-state index >= 15 is 0 Å². The van der Waals surface area contributed by atoms with Crippen molar-refractivity contribution >= 4 is 55.6 Å².